The van der Waals surface area contributed by atoms with Gasteiger partial charge >= 0.3 is 0 Å². The lowest BCUT2D eigenvalue weighted by Crippen LogP contribution is -2.29. The number of carbonyl (C=O) groups is 2. The van der Waals surface area contributed by atoms with Gasteiger partial charge in [0, 0.05) is 11.3 Å². The molecule has 1 atom stereocenters. The van der Waals surface area contributed by atoms with E-state index in [1.807, 2.05) is 13.0 Å². The number of methoxy groups -OCH3 is 2. The van der Waals surface area contributed by atoms with Crippen LogP contribution in [0, 0.1) is 11.3 Å². The molecule has 8 nitrogen and oxygen atoms in total. The molecule has 0 spiro atoms. The number of nitrogens with zero attached hydrogens (tertiary/aromatic N) is 2. The van der Waals surface area contributed by atoms with Crippen LogP contribution in [-0.2, 0) is 9.59 Å². The maximum Gasteiger partial charge on any atom is 0.300 e. The van der Waals surface area contributed by atoms with E-state index < -0.39 is 17.7 Å². The molecule has 1 fully saturated rings. The van der Waals surface area contributed by atoms with Crippen molar-refractivity contribution in [2.45, 2.75) is 13.0 Å². The third-order valence-corrected chi connectivity index (χ3v) is 6.26. The fourth-order valence-corrected chi connectivity index (χ4v) is 4.40. The predicted octanol–water partition coefficient (Wildman–Crippen LogP) is 5.25. The smallest absolute Gasteiger partial charge is 0.300 e. The molecule has 1 unspecified atom stereocenters. The fraction of sp³-hybridized carbons (Fsp3) is 0.179. The van der Waals surface area contributed by atoms with Crippen LogP contribution in [0.15, 0.2) is 66.2 Å². The number of amides is 1. The Morgan fingerprint density at radius 1 is 1.00 bits per heavy atom. The number of aliphatic hydroxyl groups is 1. The van der Waals surface area contributed by atoms with Crippen molar-refractivity contribution in [3.05, 3.63) is 87.9 Å². The molecule has 1 aliphatic rings. The van der Waals surface area contributed by atoms with E-state index in [-0.39, 0.29) is 16.9 Å². The zero-order chi connectivity index (χ0) is 26.7. The molecule has 0 radical (unpaired) electrons. The number of ketones is 1. The van der Waals surface area contributed by atoms with Crippen LogP contribution in [0.4, 0.5) is 5.69 Å². The van der Waals surface area contributed by atoms with Gasteiger partial charge in [-0.15, -0.1) is 0 Å². The van der Waals surface area contributed by atoms with E-state index in [0.717, 1.165) is 0 Å². The molecule has 1 N–H and O–H groups in total. The highest BCUT2D eigenvalue weighted by atomic mass is 35.5. The summed E-state index contributed by atoms with van der Waals surface area (Å²) in [6, 6.07) is 16.9. The molecule has 0 bridgehead atoms. The van der Waals surface area contributed by atoms with Gasteiger partial charge in [-0.3, -0.25) is 14.5 Å². The number of rotatable bonds is 7. The lowest BCUT2D eigenvalue weighted by molar-refractivity contribution is -0.132. The summed E-state index contributed by atoms with van der Waals surface area (Å²) in [7, 11) is 2.94. The van der Waals surface area contributed by atoms with E-state index in [1.165, 1.54) is 37.3 Å². The monoisotopic (exact) mass is 518 g/mol. The van der Waals surface area contributed by atoms with Gasteiger partial charge in [0.1, 0.15) is 11.5 Å². The average Bonchev–Trinajstić information content (AvgIpc) is 3.18. The summed E-state index contributed by atoms with van der Waals surface area (Å²) in [5.74, 6) is -0.889. The molecule has 188 valence electrons. The number of ether oxygens (including phenoxy) is 3. The highest BCUT2D eigenvalue weighted by molar-refractivity contribution is 6.51. The summed E-state index contributed by atoms with van der Waals surface area (Å²) >= 11 is 6.14. The van der Waals surface area contributed by atoms with Crippen molar-refractivity contribution in [3.63, 3.8) is 0 Å². The first-order chi connectivity index (χ1) is 17.8. The van der Waals surface area contributed by atoms with Gasteiger partial charge in [0.25, 0.3) is 11.7 Å². The molecule has 0 aliphatic carbocycles. The first-order valence-electron chi connectivity index (χ1n) is 11.3. The van der Waals surface area contributed by atoms with Crippen molar-refractivity contribution in [1.29, 1.82) is 5.26 Å². The maximum absolute atomic E-state index is 13.4. The molecule has 1 aliphatic heterocycles. The largest absolute Gasteiger partial charge is 0.507 e. The Morgan fingerprint density at radius 3 is 2.32 bits per heavy atom. The van der Waals surface area contributed by atoms with E-state index in [9.17, 15) is 20.0 Å². The molecule has 3 aromatic carbocycles. The minimum atomic E-state index is -1.00. The molecule has 37 heavy (non-hydrogen) atoms. The zero-order valence-electron chi connectivity index (χ0n) is 20.3. The number of aliphatic hydroxyl groups excluding tert-OH is 1. The highest BCUT2D eigenvalue weighted by Crippen LogP contribution is 2.44. The number of carbonyl (C=O) groups excluding carboxylic acids is 2. The Bertz CT molecular complexity index is 1440. The predicted molar refractivity (Wildman–Crippen MR) is 138 cm³/mol. The van der Waals surface area contributed by atoms with Gasteiger partial charge in [0.05, 0.1) is 49.1 Å². The van der Waals surface area contributed by atoms with Crippen molar-refractivity contribution in [2.75, 3.05) is 25.7 Å². The van der Waals surface area contributed by atoms with Crippen molar-refractivity contribution >= 4 is 34.7 Å². The number of hydrogen-bond donors (Lipinski definition) is 1. The summed E-state index contributed by atoms with van der Waals surface area (Å²) in [6.07, 6.45) is 0. The van der Waals surface area contributed by atoms with Crippen molar-refractivity contribution in [2.24, 2.45) is 0 Å². The average molecular weight is 519 g/mol. The molecule has 4 rings (SSSR count). The number of benzene rings is 3. The van der Waals surface area contributed by atoms with Crippen LogP contribution in [0.1, 0.15) is 29.7 Å². The summed E-state index contributed by atoms with van der Waals surface area (Å²) in [5.41, 5.74) is 1.42. The standard InChI is InChI=1S/C28H23ClN2O6/c1-4-37-23-13-17(8-12-21(23)35-2)25-24(26(32)18-7-11-20(29)22(14-18)36-3)27(33)28(34)31(25)19-9-5-16(15-30)6-10-19/h5-14,25,32H,4H2,1-3H3/b26-24-. The SMILES string of the molecule is CCOc1cc(C2/C(=C(/O)c3ccc(Cl)c(OC)c3)C(=O)C(=O)N2c2ccc(C#N)cc2)ccc1OC. The number of halogens is 1. The summed E-state index contributed by atoms with van der Waals surface area (Å²) in [4.78, 5) is 28.0. The van der Waals surface area contributed by atoms with E-state index in [1.54, 1.807) is 42.5 Å². The highest BCUT2D eigenvalue weighted by Gasteiger charge is 2.47. The molecule has 9 heteroatoms. The third kappa shape index (κ3) is 4.69. The lowest BCUT2D eigenvalue weighted by atomic mass is 9.94. The van der Waals surface area contributed by atoms with Crippen LogP contribution in [0.3, 0.4) is 0 Å². The van der Waals surface area contributed by atoms with Gasteiger partial charge in [0.2, 0.25) is 0 Å². The Hall–Kier alpha value is -4.48. The minimum absolute atomic E-state index is 0.119. The number of nitriles is 1. The Morgan fingerprint density at radius 2 is 1.70 bits per heavy atom. The normalized spacial score (nSPS) is 16.4. The maximum atomic E-state index is 13.4. The second-order valence-electron chi connectivity index (χ2n) is 8.02. The summed E-state index contributed by atoms with van der Waals surface area (Å²) < 4.78 is 16.4. The minimum Gasteiger partial charge on any atom is -0.507 e. The van der Waals surface area contributed by atoms with E-state index in [4.69, 9.17) is 25.8 Å². The second kappa shape index (κ2) is 10.6. The molecular weight excluding hydrogens is 496 g/mol. The van der Waals surface area contributed by atoms with Crippen molar-refractivity contribution in [3.8, 4) is 23.3 Å². The lowest BCUT2D eigenvalue weighted by Gasteiger charge is -2.26. The van der Waals surface area contributed by atoms with Crippen LogP contribution in [0.25, 0.3) is 5.76 Å². The van der Waals surface area contributed by atoms with Crippen molar-refractivity contribution in [1.82, 2.24) is 0 Å². The van der Waals surface area contributed by atoms with Crippen LogP contribution < -0.4 is 19.1 Å². The molecule has 3 aromatic rings. The van der Waals surface area contributed by atoms with E-state index >= 15 is 0 Å². The molecule has 0 saturated carbocycles. The second-order valence-corrected chi connectivity index (χ2v) is 8.43. The van der Waals surface area contributed by atoms with Crippen molar-refractivity contribution < 1.29 is 28.9 Å². The van der Waals surface area contributed by atoms with Gasteiger partial charge in [0.15, 0.2) is 11.5 Å². The number of hydrogen-bond acceptors (Lipinski definition) is 7. The van der Waals surface area contributed by atoms with E-state index in [0.29, 0.717) is 45.7 Å². The quantitative estimate of drug-likeness (QED) is 0.258. The molecule has 0 aromatic heterocycles. The van der Waals surface area contributed by atoms with Gasteiger partial charge in [-0.1, -0.05) is 17.7 Å². The molecular formula is C28H23ClN2O6. The molecule has 1 amide bonds. The Balaban J connectivity index is 1.97. The first kappa shape index (κ1) is 25.6. The van der Waals surface area contributed by atoms with Gasteiger partial charge in [-0.05, 0) is 67.1 Å². The fourth-order valence-electron chi connectivity index (χ4n) is 4.21. The zero-order valence-corrected chi connectivity index (χ0v) is 21.1. The first-order valence-corrected chi connectivity index (χ1v) is 11.7. The van der Waals surface area contributed by atoms with Gasteiger partial charge in [-0.25, -0.2) is 0 Å². The molecule has 1 saturated heterocycles. The van der Waals surface area contributed by atoms with Crippen LogP contribution in [0.5, 0.6) is 17.2 Å². The third-order valence-electron chi connectivity index (χ3n) is 5.95. The van der Waals surface area contributed by atoms with E-state index in [2.05, 4.69) is 0 Å². The van der Waals surface area contributed by atoms with Crippen LogP contribution in [-0.4, -0.2) is 37.6 Å². The molecule has 1 heterocycles. The summed E-state index contributed by atoms with van der Waals surface area (Å²) in [6.45, 7) is 2.18. The van der Waals surface area contributed by atoms with Gasteiger partial charge < -0.3 is 19.3 Å². The van der Waals surface area contributed by atoms with Gasteiger partial charge in [-0.2, -0.15) is 5.26 Å². The van der Waals surface area contributed by atoms with Crippen LogP contribution >= 0.6 is 11.6 Å². The topological polar surface area (TPSA) is 109 Å². The Labute approximate surface area is 218 Å². The number of Topliss-reactive ketones (excluding diaryl/α,β-unsaturated/α-hetero) is 1. The Kier molecular flexibility index (Phi) is 7.37. The summed E-state index contributed by atoms with van der Waals surface area (Å²) in [5, 5.41) is 20.9. The van der Waals surface area contributed by atoms with Crippen LogP contribution in [0.2, 0.25) is 5.02 Å². The number of anilines is 1.